The van der Waals surface area contributed by atoms with E-state index in [1.807, 2.05) is 0 Å². The minimum atomic E-state index is -4.04. The summed E-state index contributed by atoms with van der Waals surface area (Å²) < 4.78 is 25.3. The van der Waals surface area contributed by atoms with Gasteiger partial charge in [-0.1, -0.05) is 0 Å². The number of benzene rings is 1. The quantitative estimate of drug-likeness (QED) is 0.338. The third-order valence-electron chi connectivity index (χ3n) is 2.54. The molecule has 0 aliphatic rings. The topological polar surface area (TPSA) is 147 Å². The van der Waals surface area contributed by atoms with Crippen molar-refractivity contribution in [3.8, 4) is 0 Å². The van der Waals surface area contributed by atoms with E-state index in [9.17, 15) is 18.5 Å². The predicted octanol–water partition coefficient (Wildman–Crippen LogP) is -0.848. The van der Waals surface area contributed by atoms with Gasteiger partial charge in [0.25, 0.3) is 5.69 Å². The van der Waals surface area contributed by atoms with Gasteiger partial charge in [0.05, 0.1) is 23.0 Å². The molecule has 0 bridgehead atoms. The molecule has 0 saturated heterocycles. The summed E-state index contributed by atoms with van der Waals surface area (Å²) in [6, 6.07) is 3.12. The number of nitrogen functional groups attached to an aromatic ring is 1. The molecule has 1 rings (SSSR count). The Morgan fingerprint density at radius 3 is 2.25 bits per heavy atom. The molecule has 10 heteroatoms. The van der Waals surface area contributed by atoms with Crippen LogP contribution in [0.25, 0.3) is 0 Å². The number of aliphatic hydroxyl groups is 2. The van der Waals surface area contributed by atoms with Crippen LogP contribution in [0.3, 0.4) is 0 Å². The second kappa shape index (κ2) is 6.61. The minimum Gasteiger partial charge on any atom is -0.395 e. The van der Waals surface area contributed by atoms with Crippen molar-refractivity contribution in [1.82, 2.24) is 4.31 Å². The van der Waals surface area contributed by atoms with Gasteiger partial charge < -0.3 is 15.9 Å². The fourth-order valence-corrected chi connectivity index (χ4v) is 3.01. The number of hydrogen-bond donors (Lipinski definition) is 3. The molecular weight excluding hydrogens is 290 g/mol. The van der Waals surface area contributed by atoms with Gasteiger partial charge in [0.1, 0.15) is 5.69 Å². The van der Waals surface area contributed by atoms with E-state index in [0.29, 0.717) is 0 Å². The summed E-state index contributed by atoms with van der Waals surface area (Å²) >= 11 is 0. The van der Waals surface area contributed by atoms with Crippen LogP contribution in [0.4, 0.5) is 11.4 Å². The SMILES string of the molecule is Nc1ccc(S(=O)(=O)N(CCO)CCO)cc1[N+](=O)[O-]. The number of sulfonamides is 1. The minimum absolute atomic E-state index is 0.148. The summed E-state index contributed by atoms with van der Waals surface area (Å²) in [7, 11) is -4.04. The Labute approximate surface area is 115 Å². The van der Waals surface area contributed by atoms with Crippen LogP contribution in [-0.2, 0) is 10.0 Å². The van der Waals surface area contributed by atoms with Crippen LogP contribution in [0.15, 0.2) is 23.1 Å². The molecule has 112 valence electrons. The number of rotatable bonds is 7. The van der Waals surface area contributed by atoms with E-state index >= 15 is 0 Å². The first-order chi connectivity index (χ1) is 9.34. The first-order valence-corrected chi connectivity index (χ1v) is 7.04. The molecule has 0 heterocycles. The van der Waals surface area contributed by atoms with E-state index in [1.165, 1.54) is 0 Å². The van der Waals surface area contributed by atoms with Gasteiger partial charge in [0.15, 0.2) is 0 Å². The lowest BCUT2D eigenvalue weighted by Gasteiger charge is -2.20. The highest BCUT2D eigenvalue weighted by atomic mass is 32.2. The van der Waals surface area contributed by atoms with Crippen molar-refractivity contribution in [2.24, 2.45) is 0 Å². The van der Waals surface area contributed by atoms with Gasteiger partial charge in [-0.2, -0.15) is 4.31 Å². The molecule has 0 spiro atoms. The van der Waals surface area contributed by atoms with E-state index in [2.05, 4.69) is 0 Å². The van der Waals surface area contributed by atoms with Gasteiger partial charge in [0.2, 0.25) is 10.0 Å². The van der Waals surface area contributed by atoms with Gasteiger partial charge in [0, 0.05) is 19.2 Å². The fraction of sp³-hybridized carbons (Fsp3) is 0.400. The Morgan fingerprint density at radius 1 is 1.25 bits per heavy atom. The molecule has 0 atom stereocenters. The molecule has 0 fully saturated rings. The summed E-state index contributed by atoms with van der Waals surface area (Å²) in [4.78, 5) is 9.66. The third-order valence-corrected chi connectivity index (χ3v) is 4.43. The number of aliphatic hydroxyl groups excluding tert-OH is 2. The van der Waals surface area contributed by atoms with Crippen molar-refractivity contribution in [1.29, 1.82) is 0 Å². The Bertz CT molecular complexity index is 583. The second-order valence-electron chi connectivity index (χ2n) is 3.83. The first-order valence-electron chi connectivity index (χ1n) is 5.60. The Hall–Kier alpha value is -1.75. The lowest BCUT2D eigenvalue weighted by molar-refractivity contribution is -0.384. The molecule has 0 radical (unpaired) electrons. The maximum atomic E-state index is 12.2. The molecule has 0 amide bonds. The molecule has 0 aromatic heterocycles. The molecule has 1 aromatic rings. The van der Waals surface area contributed by atoms with Gasteiger partial charge in [-0.05, 0) is 12.1 Å². The van der Waals surface area contributed by atoms with Crippen LogP contribution < -0.4 is 5.73 Å². The normalized spacial score (nSPS) is 11.8. The predicted molar refractivity (Wildman–Crippen MR) is 70.4 cm³/mol. The Kier molecular flexibility index (Phi) is 5.39. The number of nitrogens with zero attached hydrogens (tertiary/aromatic N) is 2. The zero-order chi connectivity index (χ0) is 15.3. The van der Waals surface area contributed by atoms with E-state index < -0.39 is 33.8 Å². The van der Waals surface area contributed by atoms with Crippen molar-refractivity contribution in [2.45, 2.75) is 4.90 Å². The summed E-state index contributed by atoms with van der Waals surface area (Å²) in [6.07, 6.45) is 0. The summed E-state index contributed by atoms with van der Waals surface area (Å²) in [5.74, 6) is 0. The standard InChI is InChI=1S/C10H15N3O6S/c11-9-2-1-8(7-10(9)13(16)17)20(18,19)12(3-5-14)4-6-15/h1-2,7,14-15H,3-6,11H2. The smallest absolute Gasteiger partial charge is 0.293 e. The van der Waals surface area contributed by atoms with Crippen LogP contribution in [-0.4, -0.2) is 54.2 Å². The average Bonchev–Trinajstić information content (AvgIpc) is 2.38. The molecule has 1 aromatic carbocycles. The highest BCUT2D eigenvalue weighted by Gasteiger charge is 2.26. The van der Waals surface area contributed by atoms with Crippen LogP contribution >= 0.6 is 0 Å². The van der Waals surface area contributed by atoms with E-state index in [4.69, 9.17) is 15.9 Å². The van der Waals surface area contributed by atoms with Crippen molar-refractivity contribution < 1.29 is 23.6 Å². The van der Waals surface area contributed by atoms with Crippen LogP contribution in [0.5, 0.6) is 0 Å². The van der Waals surface area contributed by atoms with Gasteiger partial charge in [-0.15, -0.1) is 0 Å². The summed E-state index contributed by atoms with van der Waals surface area (Å²) in [5, 5.41) is 28.4. The van der Waals surface area contributed by atoms with E-state index in [-0.39, 0.29) is 23.7 Å². The molecule has 0 unspecified atom stereocenters. The lowest BCUT2D eigenvalue weighted by atomic mass is 10.3. The summed E-state index contributed by atoms with van der Waals surface area (Å²) in [6.45, 7) is -1.31. The van der Waals surface area contributed by atoms with Crippen molar-refractivity contribution in [3.05, 3.63) is 28.3 Å². The Balaban J connectivity index is 3.26. The van der Waals surface area contributed by atoms with E-state index in [1.54, 1.807) is 0 Å². The number of hydrogen-bond acceptors (Lipinski definition) is 7. The molecule has 9 nitrogen and oxygen atoms in total. The fourth-order valence-electron chi connectivity index (χ4n) is 1.57. The molecular formula is C10H15N3O6S. The second-order valence-corrected chi connectivity index (χ2v) is 5.77. The van der Waals surface area contributed by atoms with Gasteiger partial charge in [-0.3, -0.25) is 10.1 Å². The average molecular weight is 305 g/mol. The molecule has 20 heavy (non-hydrogen) atoms. The van der Waals surface area contributed by atoms with Crippen LogP contribution in [0, 0.1) is 10.1 Å². The zero-order valence-electron chi connectivity index (χ0n) is 10.5. The maximum Gasteiger partial charge on any atom is 0.293 e. The largest absolute Gasteiger partial charge is 0.395 e. The van der Waals surface area contributed by atoms with Crippen molar-refractivity contribution in [2.75, 3.05) is 32.0 Å². The maximum absolute atomic E-state index is 12.2. The van der Waals surface area contributed by atoms with Gasteiger partial charge in [-0.25, -0.2) is 8.42 Å². The molecule has 0 aliphatic heterocycles. The Morgan fingerprint density at radius 2 is 1.80 bits per heavy atom. The van der Waals surface area contributed by atoms with Crippen molar-refractivity contribution in [3.63, 3.8) is 0 Å². The number of nitrogens with two attached hydrogens (primary N) is 1. The molecule has 0 saturated carbocycles. The third kappa shape index (κ3) is 3.42. The number of nitro groups is 1. The van der Waals surface area contributed by atoms with Crippen molar-refractivity contribution >= 4 is 21.4 Å². The highest BCUT2D eigenvalue weighted by molar-refractivity contribution is 7.89. The monoisotopic (exact) mass is 305 g/mol. The number of nitro benzene ring substituents is 1. The lowest BCUT2D eigenvalue weighted by Crippen LogP contribution is -2.35. The van der Waals surface area contributed by atoms with Gasteiger partial charge >= 0.3 is 0 Å². The van der Waals surface area contributed by atoms with Crippen LogP contribution in [0.2, 0.25) is 0 Å². The van der Waals surface area contributed by atoms with E-state index in [0.717, 1.165) is 22.5 Å². The first kappa shape index (κ1) is 16.3. The zero-order valence-corrected chi connectivity index (χ0v) is 11.3. The highest BCUT2D eigenvalue weighted by Crippen LogP contribution is 2.26. The number of anilines is 1. The van der Waals surface area contributed by atoms with Crippen LogP contribution in [0.1, 0.15) is 0 Å². The molecule has 4 N–H and O–H groups in total. The molecule has 0 aliphatic carbocycles. The summed E-state index contributed by atoms with van der Waals surface area (Å²) in [5.41, 5.74) is 4.73.